The van der Waals surface area contributed by atoms with Crippen LogP contribution in [0, 0.1) is 5.41 Å². The summed E-state index contributed by atoms with van der Waals surface area (Å²) in [6.07, 6.45) is 4.40. The fraction of sp³-hybridized carbons (Fsp3) is 0.846. The van der Waals surface area contributed by atoms with E-state index in [2.05, 4.69) is 10.6 Å². The van der Waals surface area contributed by atoms with Gasteiger partial charge < -0.3 is 16.4 Å². The molecular weight excluding hydrogens is 230 g/mol. The molecule has 1 fully saturated rings. The summed E-state index contributed by atoms with van der Waals surface area (Å²) in [5.74, 6) is -0.137. The number of carbonyl (C=O) groups excluding carboxylic acids is 2. The van der Waals surface area contributed by atoms with Crippen molar-refractivity contribution >= 4 is 11.8 Å². The van der Waals surface area contributed by atoms with E-state index in [1.54, 1.807) is 20.9 Å². The van der Waals surface area contributed by atoms with E-state index in [1.165, 1.54) is 0 Å². The number of hydrogen-bond acceptors (Lipinski definition) is 3. The lowest BCUT2D eigenvalue weighted by molar-refractivity contribution is -0.129. The van der Waals surface area contributed by atoms with Crippen molar-refractivity contribution in [3.05, 3.63) is 0 Å². The highest BCUT2D eigenvalue weighted by Crippen LogP contribution is 2.29. The molecule has 2 amide bonds. The van der Waals surface area contributed by atoms with Crippen LogP contribution in [0.1, 0.15) is 46.0 Å². The highest BCUT2D eigenvalue weighted by Gasteiger charge is 2.33. The van der Waals surface area contributed by atoms with E-state index in [1.807, 2.05) is 0 Å². The maximum absolute atomic E-state index is 11.8. The molecule has 0 radical (unpaired) electrons. The van der Waals surface area contributed by atoms with Gasteiger partial charge in [-0.1, -0.05) is 12.8 Å². The van der Waals surface area contributed by atoms with Gasteiger partial charge in [-0.25, -0.2) is 0 Å². The standard InChI is InChI=1S/C13H25N3O2/c1-12(2,11(18)15-3)9-16-10(17)8-13(14)6-4-5-7-13/h4-9,14H2,1-3H3,(H,15,18)(H,16,17). The quantitative estimate of drug-likeness (QED) is 0.670. The van der Waals surface area contributed by atoms with Crippen molar-refractivity contribution < 1.29 is 9.59 Å². The van der Waals surface area contributed by atoms with Crippen LogP contribution in [-0.4, -0.2) is 30.9 Å². The van der Waals surface area contributed by atoms with Crippen LogP contribution in [0.4, 0.5) is 0 Å². The fourth-order valence-electron chi connectivity index (χ4n) is 2.38. The van der Waals surface area contributed by atoms with Gasteiger partial charge in [0.2, 0.25) is 11.8 Å². The molecule has 0 atom stereocenters. The lowest BCUT2D eigenvalue weighted by atomic mass is 9.91. The summed E-state index contributed by atoms with van der Waals surface area (Å²) in [6, 6.07) is 0. The number of amides is 2. The van der Waals surface area contributed by atoms with Gasteiger partial charge in [0.1, 0.15) is 0 Å². The highest BCUT2D eigenvalue weighted by molar-refractivity contribution is 5.83. The predicted molar refractivity (Wildman–Crippen MR) is 70.9 cm³/mol. The van der Waals surface area contributed by atoms with Crippen molar-refractivity contribution in [2.75, 3.05) is 13.6 Å². The van der Waals surface area contributed by atoms with E-state index < -0.39 is 5.41 Å². The SMILES string of the molecule is CNC(=O)C(C)(C)CNC(=O)CC1(N)CCCC1. The molecule has 0 aromatic rings. The second-order valence-corrected chi connectivity index (χ2v) is 5.99. The lowest BCUT2D eigenvalue weighted by Crippen LogP contribution is -2.47. The molecule has 0 saturated heterocycles. The molecule has 0 heterocycles. The van der Waals surface area contributed by atoms with Gasteiger partial charge in [-0.2, -0.15) is 0 Å². The van der Waals surface area contributed by atoms with E-state index in [0.29, 0.717) is 13.0 Å². The topological polar surface area (TPSA) is 84.2 Å². The van der Waals surface area contributed by atoms with E-state index in [-0.39, 0.29) is 17.4 Å². The monoisotopic (exact) mass is 255 g/mol. The zero-order chi connectivity index (χ0) is 13.8. The summed E-state index contributed by atoms with van der Waals surface area (Å²) in [4.78, 5) is 23.4. The van der Waals surface area contributed by atoms with Gasteiger partial charge in [0.15, 0.2) is 0 Å². The Hall–Kier alpha value is -1.10. The molecule has 1 aliphatic carbocycles. The summed E-state index contributed by atoms with van der Waals surface area (Å²) >= 11 is 0. The highest BCUT2D eigenvalue weighted by atomic mass is 16.2. The Balaban J connectivity index is 2.39. The summed E-state index contributed by atoms with van der Waals surface area (Å²) in [5.41, 5.74) is 5.22. The average molecular weight is 255 g/mol. The van der Waals surface area contributed by atoms with Crippen molar-refractivity contribution in [3.63, 3.8) is 0 Å². The summed E-state index contributed by atoms with van der Waals surface area (Å²) in [5, 5.41) is 5.41. The summed E-state index contributed by atoms with van der Waals surface area (Å²) in [7, 11) is 1.60. The fourth-order valence-corrected chi connectivity index (χ4v) is 2.38. The maximum Gasteiger partial charge on any atom is 0.227 e. The minimum Gasteiger partial charge on any atom is -0.359 e. The second-order valence-electron chi connectivity index (χ2n) is 5.99. The maximum atomic E-state index is 11.8. The first-order valence-electron chi connectivity index (χ1n) is 6.57. The molecule has 0 bridgehead atoms. The number of nitrogens with one attached hydrogen (secondary N) is 2. The van der Waals surface area contributed by atoms with Gasteiger partial charge in [0.25, 0.3) is 0 Å². The number of carbonyl (C=O) groups is 2. The summed E-state index contributed by atoms with van der Waals surface area (Å²) < 4.78 is 0. The van der Waals surface area contributed by atoms with Gasteiger partial charge in [0.05, 0.1) is 5.41 Å². The van der Waals surface area contributed by atoms with Gasteiger partial charge >= 0.3 is 0 Å². The minimum absolute atomic E-state index is 0.0589. The Morgan fingerprint density at radius 1 is 1.28 bits per heavy atom. The number of rotatable bonds is 5. The van der Waals surface area contributed by atoms with E-state index in [4.69, 9.17) is 5.73 Å². The molecule has 18 heavy (non-hydrogen) atoms. The van der Waals surface area contributed by atoms with Crippen molar-refractivity contribution in [1.29, 1.82) is 0 Å². The van der Waals surface area contributed by atoms with Gasteiger partial charge in [-0.3, -0.25) is 9.59 Å². The number of nitrogens with two attached hydrogens (primary N) is 1. The molecule has 1 aliphatic rings. The van der Waals surface area contributed by atoms with E-state index >= 15 is 0 Å². The van der Waals surface area contributed by atoms with Crippen LogP contribution in [0.2, 0.25) is 0 Å². The van der Waals surface area contributed by atoms with Gasteiger partial charge in [0, 0.05) is 25.6 Å². The van der Waals surface area contributed by atoms with Crippen LogP contribution in [-0.2, 0) is 9.59 Å². The number of hydrogen-bond donors (Lipinski definition) is 3. The van der Waals surface area contributed by atoms with Crippen LogP contribution in [0.5, 0.6) is 0 Å². The molecule has 1 saturated carbocycles. The third-order valence-corrected chi connectivity index (χ3v) is 3.68. The molecule has 0 unspecified atom stereocenters. The van der Waals surface area contributed by atoms with Crippen molar-refractivity contribution in [1.82, 2.24) is 10.6 Å². The average Bonchev–Trinajstić information content (AvgIpc) is 2.72. The van der Waals surface area contributed by atoms with Crippen LogP contribution in [0.25, 0.3) is 0 Å². The molecule has 5 nitrogen and oxygen atoms in total. The zero-order valence-corrected chi connectivity index (χ0v) is 11.6. The first-order valence-corrected chi connectivity index (χ1v) is 6.57. The van der Waals surface area contributed by atoms with Crippen molar-refractivity contribution in [2.45, 2.75) is 51.5 Å². The van der Waals surface area contributed by atoms with E-state index in [0.717, 1.165) is 25.7 Å². The Bertz CT molecular complexity index is 320. The molecule has 0 aliphatic heterocycles. The van der Waals surface area contributed by atoms with Crippen LogP contribution >= 0.6 is 0 Å². The first kappa shape index (κ1) is 15.0. The van der Waals surface area contributed by atoms with Crippen molar-refractivity contribution in [3.8, 4) is 0 Å². The Morgan fingerprint density at radius 3 is 2.33 bits per heavy atom. The molecule has 5 heteroatoms. The molecule has 0 aromatic heterocycles. The molecule has 0 aromatic carbocycles. The normalized spacial score (nSPS) is 18.4. The van der Waals surface area contributed by atoms with Crippen LogP contribution in [0.3, 0.4) is 0 Å². The first-order chi connectivity index (χ1) is 8.29. The van der Waals surface area contributed by atoms with E-state index in [9.17, 15) is 9.59 Å². The van der Waals surface area contributed by atoms with Crippen molar-refractivity contribution in [2.24, 2.45) is 11.1 Å². The van der Waals surface area contributed by atoms with Gasteiger partial charge in [-0.15, -0.1) is 0 Å². The van der Waals surface area contributed by atoms with Crippen LogP contribution < -0.4 is 16.4 Å². The third-order valence-electron chi connectivity index (χ3n) is 3.68. The predicted octanol–water partition coefficient (Wildman–Crippen LogP) is 0.536. The Labute approximate surface area is 109 Å². The Kier molecular flexibility index (Phi) is 4.73. The molecule has 4 N–H and O–H groups in total. The van der Waals surface area contributed by atoms with Crippen LogP contribution in [0.15, 0.2) is 0 Å². The Morgan fingerprint density at radius 2 is 1.83 bits per heavy atom. The lowest BCUT2D eigenvalue weighted by Gasteiger charge is -2.26. The smallest absolute Gasteiger partial charge is 0.227 e. The third kappa shape index (κ3) is 3.98. The largest absolute Gasteiger partial charge is 0.359 e. The molecular formula is C13H25N3O2. The molecule has 104 valence electrons. The molecule has 1 rings (SSSR count). The summed E-state index contributed by atoms with van der Waals surface area (Å²) in [6.45, 7) is 3.95. The molecule has 0 spiro atoms. The second kappa shape index (κ2) is 5.69. The minimum atomic E-state index is -0.595. The van der Waals surface area contributed by atoms with Gasteiger partial charge in [-0.05, 0) is 26.7 Å². The zero-order valence-electron chi connectivity index (χ0n) is 11.6.